The van der Waals surface area contributed by atoms with Crippen molar-refractivity contribution in [2.24, 2.45) is 0 Å². The standard InChI is InChI=1S/C6H4N2O4.2BrH/c9-5(10)3-1-2-7-4(8-3)6(11)12;;/h1-2H,(H,9,10)(H,11,12);2*1H. The molecule has 14 heavy (non-hydrogen) atoms. The summed E-state index contributed by atoms with van der Waals surface area (Å²) in [6.07, 6.45) is 1.08. The molecule has 1 heterocycles. The highest BCUT2D eigenvalue weighted by Crippen LogP contribution is 1.94. The molecule has 0 aliphatic rings. The number of aromatic carboxylic acids is 2. The van der Waals surface area contributed by atoms with Crippen LogP contribution in [0, 0.1) is 0 Å². The smallest absolute Gasteiger partial charge is 0.373 e. The van der Waals surface area contributed by atoms with Gasteiger partial charge in [0.05, 0.1) is 0 Å². The summed E-state index contributed by atoms with van der Waals surface area (Å²) in [6, 6.07) is 1.12. The van der Waals surface area contributed by atoms with Crippen LogP contribution in [-0.2, 0) is 0 Å². The molecule has 0 aromatic carbocycles. The number of aromatic nitrogens is 2. The predicted octanol–water partition coefficient (Wildman–Crippen LogP) is 1.03. The summed E-state index contributed by atoms with van der Waals surface area (Å²) in [5.41, 5.74) is -0.331. The Morgan fingerprint density at radius 3 is 2.14 bits per heavy atom. The van der Waals surface area contributed by atoms with Crippen molar-refractivity contribution in [2.45, 2.75) is 0 Å². The second-order valence-corrected chi connectivity index (χ2v) is 1.88. The largest absolute Gasteiger partial charge is 0.477 e. The number of hydrogen-bond donors (Lipinski definition) is 2. The maximum Gasteiger partial charge on any atom is 0.373 e. The van der Waals surface area contributed by atoms with Gasteiger partial charge in [-0.15, -0.1) is 34.0 Å². The van der Waals surface area contributed by atoms with Crippen LogP contribution in [0.2, 0.25) is 0 Å². The number of nitrogens with zero attached hydrogens (tertiary/aromatic N) is 2. The second-order valence-electron chi connectivity index (χ2n) is 1.88. The number of rotatable bonds is 2. The van der Waals surface area contributed by atoms with Crippen molar-refractivity contribution >= 4 is 45.9 Å². The van der Waals surface area contributed by atoms with Gasteiger partial charge < -0.3 is 10.2 Å². The Bertz CT molecular complexity index is 315. The first-order valence-corrected chi connectivity index (χ1v) is 2.91. The average molecular weight is 330 g/mol. The molecule has 0 amide bonds. The molecule has 0 fully saturated rings. The quantitative estimate of drug-likeness (QED) is 0.840. The Kier molecular flexibility index (Phi) is 7.10. The number of carboxylic acid groups (broad SMARTS) is 2. The fourth-order valence-corrected chi connectivity index (χ4v) is 0.581. The Balaban J connectivity index is 0. The van der Waals surface area contributed by atoms with Crippen LogP contribution in [0.25, 0.3) is 0 Å². The van der Waals surface area contributed by atoms with Gasteiger partial charge in [-0.2, -0.15) is 0 Å². The number of halogens is 2. The molecule has 0 bridgehead atoms. The summed E-state index contributed by atoms with van der Waals surface area (Å²) in [5, 5.41) is 16.8. The van der Waals surface area contributed by atoms with Crippen molar-refractivity contribution in [3.63, 3.8) is 0 Å². The predicted molar refractivity (Wildman–Crippen MR) is 56.6 cm³/mol. The van der Waals surface area contributed by atoms with E-state index in [2.05, 4.69) is 9.97 Å². The molecule has 0 saturated carbocycles. The lowest BCUT2D eigenvalue weighted by Gasteiger charge is -1.93. The van der Waals surface area contributed by atoms with E-state index in [9.17, 15) is 9.59 Å². The number of carboxylic acids is 2. The third-order valence-electron chi connectivity index (χ3n) is 1.07. The summed E-state index contributed by atoms with van der Waals surface area (Å²) in [7, 11) is 0. The van der Waals surface area contributed by atoms with Crippen molar-refractivity contribution in [1.29, 1.82) is 0 Å². The van der Waals surface area contributed by atoms with E-state index in [0.717, 1.165) is 12.3 Å². The normalized spacial score (nSPS) is 8.00. The third kappa shape index (κ3) is 3.79. The summed E-state index contributed by atoms with van der Waals surface area (Å²) < 4.78 is 0. The van der Waals surface area contributed by atoms with E-state index in [1.807, 2.05) is 0 Å². The zero-order chi connectivity index (χ0) is 9.14. The first-order valence-electron chi connectivity index (χ1n) is 2.91. The van der Waals surface area contributed by atoms with Crippen molar-refractivity contribution in [3.05, 3.63) is 23.8 Å². The highest BCUT2D eigenvalue weighted by atomic mass is 79.9. The van der Waals surface area contributed by atoms with Gasteiger partial charge >= 0.3 is 11.9 Å². The van der Waals surface area contributed by atoms with Crippen LogP contribution < -0.4 is 0 Å². The molecule has 2 N–H and O–H groups in total. The Labute approximate surface area is 99.5 Å². The van der Waals surface area contributed by atoms with E-state index in [1.165, 1.54) is 0 Å². The number of hydrogen-bond acceptors (Lipinski definition) is 4. The van der Waals surface area contributed by atoms with E-state index in [-0.39, 0.29) is 39.7 Å². The van der Waals surface area contributed by atoms with Crippen LogP contribution >= 0.6 is 34.0 Å². The van der Waals surface area contributed by atoms with E-state index in [1.54, 1.807) is 0 Å². The average Bonchev–Trinajstić information content (AvgIpc) is 2.04. The van der Waals surface area contributed by atoms with Gasteiger partial charge in [-0.3, -0.25) is 0 Å². The third-order valence-corrected chi connectivity index (χ3v) is 1.07. The molecular formula is C6H6Br2N2O4. The zero-order valence-corrected chi connectivity index (χ0v) is 10.0. The maximum atomic E-state index is 10.3. The lowest BCUT2D eigenvalue weighted by atomic mass is 10.4. The summed E-state index contributed by atoms with van der Waals surface area (Å²) >= 11 is 0. The monoisotopic (exact) mass is 328 g/mol. The fraction of sp³-hybridized carbons (Fsp3) is 0. The highest BCUT2D eigenvalue weighted by molar-refractivity contribution is 8.93. The zero-order valence-electron chi connectivity index (χ0n) is 6.58. The first-order chi connectivity index (χ1) is 5.61. The van der Waals surface area contributed by atoms with Crippen LogP contribution in [-0.4, -0.2) is 32.1 Å². The van der Waals surface area contributed by atoms with E-state index >= 15 is 0 Å². The first kappa shape index (κ1) is 15.5. The van der Waals surface area contributed by atoms with E-state index in [4.69, 9.17) is 10.2 Å². The summed E-state index contributed by atoms with van der Waals surface area (Å²) in [4.78, 5) is 27.2. The molecule has 1 rings (SSSR count). The van der Waals surface area contributed by atoms with E-state index in [0.29, 0.717) is 0 Å². The van der Waals surface area contributed by atoms with Gasteiger partial charge in [0.15, 0.2) is 5.69 Å². The van der Waals surface area contributed by atoms with Crippen LogP contribution in [0.4, 0.5) is 0 Å². The number of carbonyl (C=O) groups is 2. The van der Waals surface area contributed by atoms with Crippen LogP contribution in [0.5, 0.6) is 0 Å². The Morgan fingerprint density at radius 2 is 1.71 bits per heavy atom. The molecule has 0 aliphatic carbocycles. The van der Waals surface area contributed by atoms with Crippen molar-refractivity contribution in [2.75, 3.05) is 0 Å². The molecule has 1 aromatic heterocycles. The minimum absolute atomic E-state index is 0. The lowest BCUT2D eigenvalue weighted by molar-refractivity contribution is 0.0679. The summed E-state index contributed by atoms with van der Waals surface area (Å²) in [5.74, 6) is -3.15. The topological polar surface area (TPSA) is 100 Å². The molecule has 8 heteroatoms. The van der Waals surface area contributed by atoms with Gasteiger partial charge in [-0.05, 0) is 6.07 Å². The van der Waals surface area contributed by atoms with Crippen LogP contribution in [0.3, 0.4) is 0 Å². The van der Waals surface area contributed by atoms with Crippen LogP contribution in [0.15, 0.2) is 12.3 Å². The van der Waals surface area contributed by atoms with Gasteiger partial charge in [-0.25, -0.2) is 19.6 Å². The van der Waals surface area contributed by atoms with Crippen molar-refractivity contribution in [1.82, 2.24) is 9.97 Å². The Morgan fingerprint density at radius 1 is 1.14 bits per heavy atom. The minimum atomic E-state index is -1.35. The van der Waals surface area contributed by atoms with Gasteiger partial charge in [0.25, 0.3) is 0 Å². The van der Waals surface area contributed by atoms with Gasteiger partial charge in [-0.1, -0.05) is 0 Å². The molecule has 6 nitrogen and oxygen atoms in total. The van der Waals surface area contributed by atoms with Crippen molar-refractivity contribution in [3.8, 4) is 0 Å². The molecule has 0 saturated heterocycles. The van der Waals surface area contributed by atoms with E-state index < -0.39 is 17.8 Å². The fourth-order valence-electron chi connectivity index (χ4n) is 0.581. The lowest BCUT2D eigenvalue weighted by Crippen LogP contribution is -2.08. The molecule has 0 aliphatic heterocycles. The second kappa shape index (κ2) is 6.44. The highest BCUT2D eigenvalue weighted by Gasteiger charge is 2.10. The molecule has 0 radical (unpaired) electrons. The van der Waals surface area contributed by atoms with Gasteiger partial charge in [0.2, 0.25) is 5.82 Å². The molecule has 0 spiro atoms. The van der Waals surface area contributed by atoms with Crippen LogP contribution in [0.1, 0.15) is 21.1 Å². The van der Waals surface area contributed by atoms with Gasteiger partial charge in [0, 0.05) is 6.20 Å². The molecule has 0 atom stereocenters. The maximum absolute atomic E-state index is 10.3. The molecule has 78 valence electrons. The summed E-state index contributed by atoms with van der Waals surface area (Å²) in [6.45, 7) is 0. The molecule has 1 aromatic rings. The van der Waals surface area contributed by atoms with Crippen molar-refractivity contribution < 1.29 is 19.8 Å². The minimum Gasteiger partial charge on any atom is -0.477 e. The molecule has 0 unspecified atom stereocenters. The SMILES string of the molecule is Br.Br.O=C(O)c1ccnc(C(=O)O)n1. The van der Waals surface area contributed by atoms with Gasteiger partial charge in [0.1, 0.15) is 0 Å². The molecular weight excluding hydrogens is 324 g/mol. The Hall–Kier alpha value is -1.02.